The number of carbonyl (C=O) groups is 1. The largest absolute Gasteiger partial charge is 0.364 e. The van der Waals surface area contributed by atoms with Crippen molar-refractivity contribution in [3.05, 3.63) is 39.8 Å². The first kappa shape index (κ1) is 14.1. The van der Waals surface area contributed by atoms with E-state index in [2.05, 4.69) is 28.2 Å². The summed E-state index contributed by atoms with van der Waals surface area (Å²) >= 11 is 1.73. The Hall–Kier alpha value is -1.88. The number of nitrogens with zero attached hydrogens (tertiary/aromatic N) is 2. The number of fused-ring (bicyclic) bond motifs is 1. The van der Waals surface area contributed by atoms with E-state index in [1.54, 1.807) is 11.3 Å². The van der Waals surface area contributed by atoms with E-state index in [0.717, 1.165) is 35.2 Å². The highest BCUT2D eigenvalue weighted by atomic mass is 32.1. The van der Waals surface area contributed by atoms with Gasteiger partial charge >= 0.3 is 0 Å². The lowest BCUT2D eigenvalue weighted by Gasteiger charge is -2.25. The van der Waals surface area contributed by atoms with Crippen molar-refractivity contribution in [2.75, 3.05) is 16.8 Å². The van der Waals surface area contributed by atoms with Gasteiger partial charge in [0.05, 0.1) is 34.5 Å². The summed E-state index contributed by atoms with van der Waals surface area (Å²) in [6.07, 6.45) is 0. The minimum absolute atomic E-state index is 0.0354. The third-order valence-electron chi connectivity index (χ3n) is 3.78. The zero-order chi connectivity index (χ0) is 15.0. The SMILES string of the molecule is Cc1nc(C)c(CN2C[C@H](C)C(=O)Nc3ccccc32)s1. The molecule has 4 nitrogen and oxygen atoms in total. The average molecular weight is 301 g/mol. The average Bonchev–Trinajstić information content (AvgIpc) is 2.70. The quantitative estimate of drug-likeness (QED) is 0.925. The van der Waals surface area contributed by atoms with Crippen LogP contribution in [0, 0.1) is 19.8 Å². The van der Waals surface area contributed by atoms with Crippen molar-refractivity contribution in [1.29, 1.82) is 0 Å². The van der Waals surface area contributed by atoms with Gasteiger partial charge in [0.2, 0.25) is 5.91 Å². The Balaban J connectivity index is 1.96. The van der Waals surface area contributed by atoms with Gasteiger partial charge in [0.25, 0.3) is 0 Å². The fourth-order valence-electron chi connectivity index (χ4n) is 2.67. The van der Waals surface area contributed by atoms with Crippen LogP contribution in [0.15, 0.2) is 24.3 Å². The monoisotopic (exact) mass is 301 g/mol. The molecule has 1 aliphatic rings. The van der Waals surface area contributed by atoms with Gasteiger partial charge in [-0.05, 0) is 26.0 Å². The first-order valence-corrected chi connectivity index (χ1v) is 7.94. The van der Waals surface area contributed by atoms with Crippen LogP contribution >= 0.6 is 11.3 Å². The highest BCUT2D eigenvalue weighted by Gasteiger charge is 2.25. The summed E-state index contributed by atoms with van der Waals surface area (Å²) in [6.45, 7) is 7.58. The van der Waals surface area contributed by atoms with Crippen molar-refractivity contribution in [1.82, 2.24) is 4.98 Å². The third-order valence-corrected chi connectivity index (χ3v) is 4.84. The lowest BCUT2D eigenvalue weighted by molar-refractivity contribution is -0.119. The molecule has 1 aromatic heterocycles. The molecule has 2 aromatic rings. The van der Waals surface area contributed by atoms with E-state index >= 15 is 0 Å². The minimum Gasteiger partial charge on any atom is -0.364 e. The van der Waals surface area contributed by atoms with Gasteiger partial charge in [-0.1, -0.05) is 19.1 Å². The molecule has 0 aliphatic carbocycles. The topological polar surface area (TPSA) is 45.2 Å². The van der Waals surface area contributed by atoms with Gasteiger partial charge in [0.15, 0.2) is 0 Å². The molecule has 21 heavy (non-hydrogen) atoms. The van der Waals surface area contributed by atoms with Crippen LogP contribution in [0.4, 0.5) is 11.4 Å². The van der Waals surface area contributed by atoms with E-state index in [4.69, 9.17) is 0 Å². The van der Waals surface area contributed by atoms with Gasteiger partial charge in [-0.15, -0.1) is 11.3 Å². The maximum atomic E-state index is 12.1. The first-order chi connectivity index (χ1) is 10.0. The van der Waals surface area contributed by atoms with Crippen LogP contribution in [0.25, 0.3) is 0 Å². The first-order valence-electron chi connectivity index (χ1n) is 7.12. The fourth-order valence-corrected chi connectivity index (χ4v) is 3.62. The summed E-state index contributed by atoms with van der Waals surface area (Å²) < 4.78 is 0. The summed E-state index contributed by atoms with van der Waals surface area (Å²) in [7, 11) is 0. The van der Waals surface area contributed by atoms with Crippen molar-refractivity contribution in [2.45, 2.75) is 27.3 Å². The number of amides is 1. The highest BCUT2D eigenvalue weighted by molar-refractivity contribution is 7.11. The van der Waals surface area contributed by atoms with Gasteiger partial charge in [0, 0.05) is 11.4 Å². The Morgan fingerprint density at radius 3 is 2.86 bits per heavy atom. The van der Waals surface area contributed by atoms with E-state index in [0.29, 0.717) is 0 Å². The van der Waals surface area contributed by atoms with Crippen LogP contribution in [0.1, 0.15) is 22.5 Å². The molecule has 0 radical (unpaired) electrons. The molecule has 5 heteroatoms. The maximum absolute atomic E-state index is 12.1. The minimum atomic E-state index is -0.0354. The van der Waals surface area contributed by atoms with Gasteiger partial charge in [-0.25, -0.2) is 4.98 Å². The molecule has 0 spiro atoms. The van der Waals surface area contributed by atoms with Crippen molar-refractivity contribution in [3.63, 3.8) is 0 Å². The summed E-state index contributed by atoms with van der Waals surface area (Å²) in [5.41, 5.74) is 3.07. The number of aromatic nitrogens is 1. The predicted molar refractivity (Wildman–Crippen MR) is 86.9 cm³/mol. The predicted octanol–water partition coefficient (Wildman–Crippen LogP) is 3.35. The number of para-hydroxylation sites is 2. The molecular formula is C16H19N3OS. The van der Waals surface area contributed by atoms with E-state index in [-0.39, 0.29) is 11.8 Å². The summed E-state index contributed by atoms with van der Waals surface area (Å²) in [5.74, 6) is 0.0499. The van der Waals surface area contributed by atoms with Crippen LogP contribution in [-0.2, 0) is 11.3 Å². The molecule has 0 fully saturated rings. The highest BCUT2D eigenvalue weighted by Crippen LogP contribution is 2.32. The molecule has 0 bridgehead atoms. The van der Waals surface area contributed by atoms with Crippen LogP contribution in [0.2, 0.25) is 0 Å². The number of hydrogen-bond donors (Lipinski definition) is 1. The second-order valence-electron chi connectivity index (χ2n) is 5.53. The molecule has 1 atom stereocenters. The molecule has 0 unspecified atom stereocenters. The van der Waals surface area contributed by atoms with Crippen LogP contribution in [0.5, 0.6) is 0 Å². The molecule has 110 valence electrons. The Bertz CT molecular complexity index is 680. The Labute approximate surface area is 128 Å². The number of anilines is 2. The number of thiazole rings is 1. The molecule has 2 heterocycles. The second-order valence-corrected chi connectivity index (χ2v) is 6.82. The molecule has 1 amide bonds. The number of nitrogens with one attached hydrogen (secondary N) is 1. The number of benzene rings is 1. The Kier molecular flexibility index (Phi) is 3.68. The zero-order valence-corrected chi connectivity index (χ0v) is 13.3. The molecule has 3 rings (SSSR count). The van der Waals surface area contributed by atoms with Gasteiger partial charge in [-0.3, -0.25) is 4.79 Å². The molecule has 1 N–H and O–H groups in total. The fraction of sp³-hybridized carbons (Fsp3) is 0.375. The van der Waals surface area contributed by atoms with E-state index in [1.807, 2.05) is 32.0 Å². The number of rotatable bonds is 2. The van der Waals surface area contributed by atoms with Gasteiger partial charge in [-0.2, -0.15) is 0 Å². The summed E-state index contributed by atoms with van der Waals surface area (Å²) in [4.78, 5) is 20.1. The van der Waals surface area contributed by atoms with Crippen LogP contribution in [-0.4, -0.2) is 17.4 Å². The molecule has 0 saturated heterocycles. The van der Waals surface area contributed by atoms with Crippen molar-refractivity contribution < 1.29 is 4.79 Å². The Morgan fingerprint density at radius 2 is 2.14 bits per heavy atom. The third kappa shape index (κ3) is 2.78. The van der Waals surface area contributed by atoms with Crippen LogP contribution < -0.4 is 10.2 Å². The number of hydrogen-bond acceptors (Lipinski definition) is 4. The Morgan fingerprint density at radius 1 is 1.38 bits per heavy atom. The van der Waals surface area contributed by atoms with Crippen molar-refractivity contribution in [2.24, 2.45) is 5.92 Å². The number of carbonyl (C=O) groups excluding carboxylic acids is 1. The summed E-state index contributed by atoms with van der Waals surface area (Å²) in [5, 5.41) is 4.11. The van der Waals surface area contributed by atoms with Crippen LogP contribution in [0.3, 0.4) is 0 Å². The van der Waals surface area contributed by atoms with E-state index in [9.17, 15) is 4.79 Å². The molecule has 1 aromatic carbocycles. The maximum Gasteiger partial charge on any atom is 0.229 e. The van der Waals surface area contributed by atoms with E-state index < -0.39 is 0 Å². The normalized spacial score (nSPS) is 18.1. The molecule has 0 saturated carbocycles. The van der Waals surface area contributed by atoms with Gasteiger partial charge in [0.1, 0.15) is 0 Å². The number of aryl methyl sites for hydroxylation is 2. The lowest BCUT2D eigenvalue weighted by atomic mass is 10.1. The molecular weight excluding hydrogens is 282 g/mol. The van der Waals surface area contributed by atoms with Crippen molar-refractivity contribution in [3.8, 4) is 0 Å². The standard InChI is InChI=1S/C16H19N3OS/c1-10-8-19(9-15-11(2)17-12(3)21-15)14-7-5-4-6-13(14)18-16(10)20/h4-7,10H,8-9H2,1-3H3,(H,18,20)/t10-/m0/s1. The van der Waals surface area contributed by atoms with Gasteiger partial charge < -0.3 is 10.2 Å². The lowest BCUT2D eigenvalue weighted by Crippen LogP contribution is -2.30. The smallest absolute Gasteiger partial charge is 0.229 e. The second kappa shape index (κ2) is 5.48. The van der Waals surface area contributed by atoms with E-state index in [1.165, 1.54) is 4.88 Å². The van der Waals surface area contributed by atoms with Crippen molar-refractivity contribution >= 4 is 28.6 Å². The summed E-state index contributed by atoms with van der Waals surface area (Å²) in [6, 6.07) is 7.99. The zero-order valence-electron chi connectivity index (χ0n) is 12.5. The molecule has 1 aliphatic heterocycles.